The Kier molecular flexibility index (Phi) is 6.81. The Morgan fingerprint density at radius 3 is 2.73 bits per heavy atom. The van der Waals surface area contributed by atoms with Crippen LogP contribution in [0.3, 0.4) is 0 Å². The van der Waals surface area contributed by atoms with Gasteiger partial charge < -0.3 is 20.7 Å². The number of nitrogen functional groups attached to an aromatic ring is 1. The molecule has 0 aromatic carbocycles. The number of amides is 2. The van der Waals surface area contributed by atoms with Crippen LogP contribution in [0.15, 0.2) is 61.3 Å². The molecule has 3 N–H and O–H groups in total. The molecule has 0 radical (unpaired) electrons. The summed E-state index contributed by atoms with van der Waals surface area (Å²) in [4.78, 5) is 27.9. The molecule has 2 aliphatic rings. The molecule has 4 aromatic heterocycles. The van der Waals surface area contributed by atoms with E-state index in [2.05, 4.69) is 31.0 Å². The molecule has 2 atom stereocenters. The van der Waals surface area contributed by atoms with Crippen molar-refractivity contribution in [3.05, 3.63) is 83.2 Å². The van der Waals surface area contributed by atoms with Crippen molar-refractivity contribution < 1.29 is 9.53 Å². The number of fused-ring (bicyclic) bond motifs is 2. The zero-order valence-corrected chi connectivity index (χ0v) is 24.1. The van der Waals surface area contributed by atoms with E-state index in [1.54, 1.807) is 31.0 Å². The number of rotatable bonds is 6. The Labute approximate surface area is 243 Å². The van der Waals surface area contributed by atoms with Crippen LogP contribution in [0.25, 0.3) is 11.3 Å². The molecule has 10 nitrogen and oxygen atoms in total. The highest BCUT2D eigenvalue weighted by molar-refractivity contribution is 6.31. The smallest absolute Gasteiger partial charge is 0.318 e. The quantitative estimate of drug-likeness (QED) is 0.329. The maximum Gasteiger partial charge on any atom is 0.318 e. The topological polar surface area (TPSA) is 124 Å². The largest absolute Gasteiger partial charge is 0.482 e. The molecule has 1 fully saturated rings. The van der Waals surface area contributed by atoms with E-state index in [-0.39, 0.29) is 17.6 Å². The zero-order chi connectivity index (χ0) is 28.8. The number of hydrogen-bond donors (Lipinski definition) is 2. The standard InChI is InChI=1S/C30H33ClN8O2/c1-19(20-5-4-9-33-15-20)41-25-13-21(16-35-27(25)32)24-14-26-30(8-12-39(26)37-24)7-11-38(18-30)28(40)36-29(2,3)22-6-10-34-17-23(22)31/h4-6,9-10,13-17,19H,7-8,11-12,18H2,1-3H3,(H2,32,35)(H,36,40). The number of anilines is 1. The number of aryl methyl sites for hydroxylation is 1. The normalized spacial score (nSPS) is 18.9. The second kappa shape index (κ2) is 10.3. The number of carbonyl (C=O) groups excluding carboxylic acids is 1. The molecule has 41 heavy (non-hydrogen) atoms. The molecule has 1 spiro atoms. The molecule has 2 aliphatic heterocycles. The van der Waals surface area contributed by atoms with Gasteiger partial charge in [-0.25, -0.2) is 9.78 Å². The lowest BCUT2D eigenvalue weighted by atomic mass is 9.82. The summed E-state index contributed by atoms with van der Waals surface area (Å²) < 4.78 is 8.22. The van der Waals surface area contributed by atoms with E-state index in [4.69, 9.17) is 27.2 Å². The number of urea groups is 1. The van der Waals surface area contributed by atoms with E-state index in [1.165, 1.54) is 0 Å². The minimum atomic E-state index is -0.645. The van der Waals surface area contributed by atoms with E-state index in [0.717, 1.165) is 47.5 Å². The number of aromatic nitrogens is 5. The average molecular weight is 573 g/mol. The fourth-order valence-corrected chi connectivity index (χ4v) is 6.28. The monoisotopic (exact) mass is 572 g/mol. The maximum atomic E-state index is 13.4. The lowest BCUT2D eigenvalue weighted by Crippen LogP contribution is -2.48. The van der Waals surface area contributed by atoms with Gasteiger partial charge in [0.1, 0.15) is 6.10 Å². The van der Waals surface area contributed by atoms with Crippen LogP contribution in [-0.4, -0.2) is 48.8 Å². The molecule has 2 unspecified atom stereocenters. The Morgan fingerprint density at radius 1 is 1.15 bits per heavy atom. The molecule has 0 saturated carbocycles. The Hall–Kier alpha value is -4.18. The van der Waals surface area contributed by atoms with Gasteiger partial charge in [0.25, 0.3) is 0 Å². The van der Waals surface area contributed by atoms with Crippen LogP contribution in [-0.2, 0) is 17.5 Å². The van der Waals surface area contributed by atoms with Crippen molar-refractivity contribution in [3.8, 4) is 17.0 Å². The summed E-state index contributed by atoms with van der Waals surface area (Å²) in [5.74, 6) is 0.823. The Morgan fingerprint density at radius 2 is 1.95 bits per heavy atom. The van der Waals surface area contributed by atoms with Crippen molar-refractivity contribution in [1.29, 1.82) is 0 Å². The van der Waals surface area contributed by atoms with E-state index in [0.29, 0.717) is 29.7 Å². The Balaban J connectivity index is 1.19. The number of nitrogens with one attached hydrogen (secondary N) is 1. The number of likely N-dealkylation sites (tertiary alicyclic amines) is 1. The van der Waals surface area contributed by atoms with Gasteiger partial charge in [-0.3, -0.25) is 14.6 Å². The van der Waals surface area contributed by atoms with Crippen molar-refractivity contribution in [3.63, 3.8) is 0 Å². The molecular weight excluding hydrogens is 540 g/mol. The van der Waals surface area contributed by atoms with Crippen LogP contribution >= 0.6 is 11.6 Å². The van der Waals surface area contributed by atoms with Crippen molar-refractivity contribution >= 4 is 23.4 Å². The van der Waals surface area contributed by atoms with Crippen molar-refractivity contribution in [1.82, 2.24) is 34.9 Å². The van der Waals surface area contributed by atoms with Gasteiger partial charge in [0.05, 0.1) is 16.3 Å². The number of ether oxygens (including phenoxy) is 1. The third kappa shape index (κ3) is 5.08. The van der Waals surface area contributed by atoms with Crippen LogP contribution in [0.5, 0.6) is 5.75 Å². The molecule has 0 aliphatic carbocycles. The predicted molar refractivity (Wildman–Crippen MR) is 156 cm³/mol. The number of pyridine rings is 3. The van der Waals surface area contributed by atoms with Gasteiger partial charge in [-0.1, -0.05) is 17.7 Å². The van der Waals surface area contributed by atoms with E-state index in [9.17, 15) is 4.79 Å². The van der Waals surface area contributed by atoms with Crippen LogP contribution in [0.4, 0.5) is 10.6 Å². The molecule has 6 rings (SSSR count). The molecule has 4 aromatic rings. The fourth-order valence-electron chi connectivity index (χ4n) is 5.92. The molecule has 1 saturated heterocycles. The summed E-state index contributed by atoms with van der Waals surface area (Å²) >= 11 is 6.37. The van der Waals surface area contributed by atoms with Crippen LogP contribution in [0.1, 0.15) is 56.5 Å². The summed E-state index contributed by atoms with van der Waals surface area (Å²) in [6.45, 7) is 7.94. The third-order valence-electron chi connectivity index (χ3n) is 8.27. The highest BCUT2D eigenvalue weighted by atomic mass is 35.5. The van der Waals surface area contributed by atoms with Crippen LogP contribution < -0.4 is 15.8 Å². The summed E-state index contributed by atoms with van der Waals surface area (Å²) in [5.41, 5.74) is 9.93. The third-order valence-corrected chi connectivity index (χ3v) is 8.57. The first-order valence-electron chi connectivity index (χ1n) is 13.7. The van der Waals surface area contributed by atoms with Crippen LogP contribution in [0, 0.1) is 0 Å². The van der Waals surface area contributed by atoms with Gasteiger partial charge in [-0.05, 0) is 63.4 Å². The summed E-state index contributed by atoms with van der Waals surface area (Å²) in [6.07, 6.45) is 10.1. The first kappa shape index (κ1) is 27.0. The lowest BCUT2D eigenvalue weighted by molar-refractivity contribution is 0.194. The molecule has 6 heterocycles. The minimum absolute atomic E-state index is 0.106. The fraction of sp³-hybridized carbons (Fsp3) is 0.367. The maximum absolute atomic E-state index is 13.4. The summed E-state index contributed by atoms with van der Waals surface area (Å²) in [5, 5.41) is 8.60. The number of hydrogen-bond acceptors (Lipinski definition) is 7. The summed E-state index contributed by atoms with van der Waals surface area (Å²) in [7, 11) is 0. The minimum Gasteiger partial charge on any atom is -0.482 e. The highest BCUT2D eigenvalue weighted by Gasteiger charge is 2.47. The summed E-state index contributed by atoms with van der Waals surface area (Å²) in [6, 6.07) is 9.58. The van der Waals surface area contributed by atoms with Gasteiger partial charge in [0.2, 0.25) is 0 Å². The molecule has 11 heteroatoms. The second-order valence-electron chi connectivity index (χ2n) is 11.4. The van der Waals surface area contributed by atoms with Crippen molar-refractivity contribution in [2.24, 2.45) is 0 Å². The van der Waals surface area contributed by atoms with Gasteiger partial charge in [0, 0.05) is 72.9 Å². The Bertz CT molecular complexity index is 1590. The van der Waals surface area contributed by atoms with Crippen LogP contribution in [0.2, 0.25) is 5.02 Å². The van der Waals surface area contributed by atoms with Gasteiger partial charge >= 0.3 is 6.03 Å². The van der Waals surface area contributed by atoms with E-state index >= 15 is 0 Å². The molecule has 212 valence electrons. The molecule has 2 amide bonds. The highest BCUT2D eigenvalue weighted by Crippen LogP contribution is 2.44. The SMILES string of the molecule is CC(Oc1cc(-c2cc3n(n2)CCC32CCN(C(=O)NC(C)(C)c3ccncc3Cl)C2)cnc1N)c1cccnc1. The second-order valence-corrected chi connectivity index (χ2v) is 11.8. The molecule has 0 bridgehead atoms. The molecular formula is C30H33ClN8O2. The van der Waals surface area contributed by atoms with Crippen molar-refractivity contribution in [2.75, 3.05) is 18.8 Å². The van der Waals surface area contributed by atoms with Gasteiger partial charge in [0.15, 0.2) is 11.6 Å². The number of nitrogens with zero attached hydrogens (tertiary/aromatic N) is 6. The average Bonchev–Trinajstić information content (AvgIpc) is 3.67. The van der Waals surface area contributed by atoms with Gasteiger partial charge in [-0.2, -0.15) is 5.10 Å². The van der Waals surface area contributed by atoms with Gasteiger partial charge in [-0.15, -0.1) is 0 Å². The van der Waals surface area contributed by atoms with Crippen molar-refractivity contribution in [2.45, 2.75) is 57.2 Å². The number of halogens is 1. The predicted octanol–water partition coefficient (Wildman–Crippen LogP) is 5.10. The number of nitrogens with two attached hydrogens (primary N) is 1. The lowest BCUT2D eigenvalue weighted by Gasteiger charge is -2.31. The van der Waals surface area contributed by atoms with E-state index < -0.39 is 5.54 Å². The first-order chi connectivity index (χ1) is 19.6. The van der Waals surface area contributed by atoms with E-state index in [1.807, 2.05) is 49.9 Å². The first-order valence-corrected chi connectivity index (χ1v) is 14.1. The number of carbonyl (C=O) groups is 1. The zero-order valence-electron chi connectivity index (χ0n) is 23.3.